The monoisotopic (exact) mass is 1750 g/mol. The summed E-state index contributed by atoms with van der Waals surface area (Å²) in [6.45, 7) is 12.6. The molecule has 16 aromatic carbocycles. The van der Waals surface area contributed by atoms with Crippen molar-refractivity contribution < 1.29 is 36.5 Å². The number of rotatable bonds is 17. The lowest BCUT2D eigenvalue weighted by Crippen LogP contribution is -2.32. The van der Waals surface area contributed by atoms with Crippen molar-refractivity contribution >= 4 is 10.8 Å². The van der Waals surface area contributed by atoms with Gasteiger partial charge in [-0.15, -0.1) is 0 Å². The zero-order chi connectivity index (χ0) is 92.9. The van der Waals surface area contributed by atoms with Gasteiger partial charge >= 0.3 is 0 Å². The van der Waals surface area contributed by atoms with Crippen LogP contribution < -0.4 is 27.7 Å². The minimum atomic E-state index is -0.289. The predicted octanol–water partition coefficient (Wildman–Crippen LogP) is 27.9. The van der Waals surface area contributed by atoms with Crippen LogP contribution in [0.15, 0.2) is 413 Å². The van der Waals surface area contributed by atoms with Crippen LogP contribution in [0.5, 0.6) is 11.5 Å². The molecule has 0 aliphatic rings. The maximum Gasteiger partial charge on any atom is 0.239 e. The molecule has 0 aliphatic carbocycles. The molecule has 0 aliphatic heterocycles. The van der Waals surface area contributed by atoms with Crippen molar-refractivity contribution in [1.82, 2.24) is 19.9 Å². The number of benzene rings is 16. The number of hydrogen-bond donors (Lipinski definition) is 0. The van der Waals surface area contributed by atoms with E-state index in [2.05, 4.69) is 373 Å². The van der Waals surface area contributed by atoms with Crippen molar-refractivity contribution in [3.05, 3.63) is 458 Å². The van der Waals surface area contributed by atoms with Crippen LogP contribution in [-0.2, 0) is 28.2 Å². The van der Waals surface area contributed by atoms with Gasteiger partial charge in [0.05, 0.1) is 36.5 Å². The largest absolute Gasteiger partial charge is 0.497 e. The lowest BCUT2D eigenvalue weighted by Gasteiger charge is -2.13. The Morgan fingerprint density at radius 1 is 0.216 bits per heavy atom. The van der Waals surface area contributed by atoms with E-state index in [-0.39, 0.29) is 11.6 Å². The van der Waals surface area contributed by atoms with Crippen LogP contribution in [0.2, 0.25) is 0 Å². The molecule has 0 radical (unpaired) electrons. The van der Waals surface area contributed by atoms with Crippen LogP contribution in [0.3, 0.4) is 0 Å². The minimum Gasteiger partial charge on any atom is -0.497 e. The minimum absolute atomic E-state index is 0.270. The maximum absolute atomic E-state index is 13.9. The van der Waals surface area contributed by atoms with Crippen LogP contribution in [0.4, 0.5) is 8.78 Å². The quantitative estimate of drug-likeness (QED) is 0.0845. The Morgan fingerprint density at radius 2 is 0.507 bits per heavy atom. The third kappa shape index (κ3) is 20.1. The summed E-state index contributed by atoms with van der Waals surface area (Å²) in [5.74, 6) is 1.11. The van der Waals surface area contributed by atoms with E-state index in [0.29, 0.717) is 0 Å². The van der Waals surface area contributed by atoms with E-state index in [0.717, 1.165) is 158 Å². The molecule has 0 N–H and O–H groups in total. The number of halogens is 2. The smallest absolute Gasteiger partial charge is 0.239 e. The molecule has 20 aromatic rings. The van der Waals surface area contributed by atoms with Gasteiger partial charge in [-0.3, -0.25) is 0 Å². The first-order chi connectivity index (χ1) is 65.3. The molecule has 0 saturated carbocycles. The van der Waals surface area contributed by atoms with Crippen molar-refractivity contribution in [2.75, 3.05) is 14.2 Å². The van der Waals surface area contributed by atoms with Gasteiger partial charge in [-0.1, -0.05) is 302 Å². The predicted molar refractivity (Wildman–Crippen MR) is 542 cm³/mol. The molecule has 0 fully saturated rings. The zero-order valence-electron chi connectivity index (χ0n) is 77.4. The van der Waals surface area contributed by atoms with Crippen molar-refractivity contribution in [1.29, 1.82) is 0 Å². The highest BCUT2D eigenvalue weighted by atomic mass is 19.1. The lowest BCUT2D eigenvalue weighted by molar-refractivity contribution is -0.660. The number of nitrogens with zero attached hydrogens (tertiary/aromatic N) is 8. The van der Waals surface area contributed by atoms with E-state index in [1.807, 2.05) is 85.4 Å². The zero-order valence-corrected chi connectivity index (χ0v) is 77.4. The molecule has 4 aromatic heterocycles. The molecule has 0 saturated heterocycles. The Balaban J connectivity index is 0.000000125. The summed E-state index contributed by atoms with van der Waals surface area (Å²) in [6.07, 6.45) is 8.28. The van der Waals surface area contributed by atoms with Gasteiger partial charge in [-0.25, -0.2) is 28.7 Å². The Labute approximate surface area is 784 Å². The lowest BCUT2D eigenvalue weighted by atomic mass is 9.96. The van der Waals surface area contributed by atoms with Crippen LogP contribution in [-0.4, -0.2) is 34.2 Å². The first-order valence-electron chi connectivity index (χ1n) is 44.9. The highest BCUT2D eigenvalue weighted by molar-refractivity contribution is 5.99. The molecule has 4 heterocycles. The topological polar surface area (TPSA) is 85.5 Å². The number of hydrogen-bond acceptors (Lipinski definition) is 6. The Hall–Kier alpha value is -16.4. The van der Waals surface area contributed by atoms with Gasteiger partial charge in [0.2, 0.25) is 22.8 Å². The summed E-state index contributed by atoms with van der Waals surface area (Å²) in [6, 6.07) is 131. The van der Waals surface area contributed by atoms with E-state index in [1.165, 1.54) is 90.7 Å². The molecule has 0 unspecified atom stereocenters. The molecule has 10 nitrogen and oxygen atoms in total. The number of methoxy groups -OCH3 is 2. The van der Waals surface area contributed by atoms with Crippen LogP contribution >= 0.6 is 0 Å². The molecular weight excluding hydrogens is 1650 g/mol. The molecule has 0 spiro atoms. The summed E-state index contributed by atoms with van der Waals surface area (Å²) in [7, 11) is 11.6. The number of fused-ring (bicyclic) bond motifs is 1. The second-order valence-corrected chi connectivity index (χ2v) is 33.8. The van der Waals surface area contributed by atoms with E-state index < -0.39 is 0 Å². The van der Waals surface area contributed by atoms with Gasteiger partial charge in [0.25, 0.3) is 0 Å². The summed E-state index contributed by atoms with van der Waals surface area (Å²) in [4.78, 5) is 20.7. The summed E-state index contributed by atoms with van der Waals surface area (Å²) in [5, 5.41) is 2.44. The average molecular weight is 1750 g/mol. The molecule has 654 valence electrons. The Morgan fingerprint density at radius 3 is 0.933 bits per heavy atom. The van der Waals surface area contributed by atoms with E-state index in [1.54, 1.807) is 32.4 Å². The SMILES string of the molecule is COc1ccc(-c2c[n+](C)c(-c3ccc(OC)cc3C)c(-c3ccc(-c4ccccc4)cc3)n2)cc1.Cc1cc(F)ccc1-c1c(-c2ccc(-c3ccccc3)cc2)nc(-c2ccc(F)cc2)c[n+]1C.Cc1ccc(-c2c[n+](C)c(-c3ccc(C)cc3C)c(-c3ccc(-c4ccccc4)cc3)n2)cc1.Cc1ccccc1-c1c(-c2cccc3ccccc23)nc(-c2ccccc2)c[n+]1C. The van der Waals surface area contributed by atoms with Crippen LogP contribution in [0.25, 0.3) is 179 Å². The van der Waals surface area contributed by atoms with E-state index in [4.69, 9.17) is 29.4 Å². The second-order valence-electron chi connectivity index (χ2n) is 33.8. The fraction of sp³-hybridized carbons (Fsp3) is 0.0984. The molecular formula is C122H104F2N8O2+4. The summed E-state index contributed by atoms with van der Waals surface area (Å²) >= 11 is 0. The highest BCUT2D eigenvalue weighted by Gasteiger charge is 2.30. The fourth-order valence-electron chi connectivity index (χ4n) is 17.4. The van der Waals surface area contributed by atoms with Gasteiger partial charge in [0, 0.05) is 44.5 Å². The third-order valence-electron chi connectivity index (χ3n) is 24.5. The van der Waals surface area contributed by atoms with Crippen LogP contribution in [0.1, 0.15) is 33.4 Å². The number of aryl methyl sites for hydroxylation is 10. The van der Waals surface area contributed by atoms with Gasteiger partial charge < -0.3 is 9.47 Å². The first-order valence-corrected chi connectivity index (χ1v) is 44.9. The third-order valence-corrected chi connectivity index (χ3v) is 24.5. The van der Waals surface area contributed by atoms with Crippen molar-refractivity contribution in [2.24, 2.45) is 28.2 Å². The number of ether oxygens (including phenoxy) is 2. The molecule has 0 atom stereocenters. The van der Waals surface area contributed by atoms with Gasteiger partial charge in [0.1, 0.15) is 96.9 Å². The van der Waals surface area contributed by atoms with E-state index in [9.17, 15) is 8.78 Å². The second kappa shape index (κ2) is 40.7. The Kier molecular flexibility index (Phi) is 27.2. The van der Waals surface area contributed by atoms with Crippen LogP contribution in [0, 0.1) is 53.2 Å². The molecule has 0 bridgehead atoms. The standard InChI is InChI=1S/C32H29N2O2.C32H29N2.C30H23F2N2.C28H23N2/c1-22-20-28(36-4)18-19-29(22)32-31(26-12-10-24(11-13-26)23-8-6-5-7-9-23)33-30(21-34(32)2)25-14-16-27(35-3)17-15-25;1-22-10-13-27(14-11-22)30-21-34(4)32(29-19-12-23(2)20-24(29)3)31(33-30)28-17-15-26(16-18-28)25-8-6-5-7-9-25;1-20-18-26(32)16-17-27(20)30-29(24-10-8-22(9-11-24)21-6-4-3-5-7-21)33-28(19-34(30)2)23-12-14-25(31)15-13-23;1-20-11-6-8-16-23(20)28-27(25-18-10-15-21-12-7-9-17-24(21)25)29-26(19-30(28)2)22-13-4-3-5-14-22/h5-21H,1-4H3;5-21H,1-4H3;3-19H,1-2H3;3-19H,1-2H3/q4*+1. The molecule has 134 heavy (non-hydrogen) atoms. The molecule has 20 rings (SSSR count). The maximum atomic E-state index is 13.9. The normalized spacial score (nSPS) is 10.9. The van der Waals surface area contributed by atoms with Crippen molar-refractivity contribution in [2.45, 2.75) is 41.5 Å². The molecule has 12 heteroatoms. The van der Waals surface area contributed by atoms with E-state index >= 15 is 0 Å². The Bertz CT molecular complexity index is 7340. The van der Waals surface area contributed by atoms with Crippen molar-refractivity contribution in [3.63, 3.8) is 0 Å². The van der Waals surface area contributed by atoms with Gasteiger partial charge in [-0.2, -0.15) is 18.3 Å². The fourth-order valence-corrected chi connectivity index (χ4v) is 17.4. The summed E-state index contributed by atoms with van der Waals surface area (Å²) < 4.78 is 46.8. The molecule has 0 amide bonds. The number of aromatic nitrogens is 8. The first kappa shape index (κ1) is 89.5. The van der Waals surface area contributed by atoms with Gasteiger partial charge in [0.15, 0.2) is 24.8 Å². The van der Waals surface area contributed by atoms with Crippen molar-refractivity contribution in [3.8, 4) is 180 Å². The average Bonchev–Trinajstić information content (AvgIpc) is 0.764. The highest BCUT2D eigenvalue weighted by Crippen LogP contribution is 2.41. The van der Waals surface area contributed by atoms with Gasteiger partial charge in [-0.05, 0) is 205 Å². The summed E-state index contributed by atoms with van der Waals surface area (Å²) in [5.41, 5.74) is 38.3.